The lowest BCUT2D eigenvalue weighted by atomic mass is 9.89. The molecule has 3 atom stereocenters. The molecule has 0 bridgehead atoms. The fourth-order valence-corrected chi connectivity index (χ4v) is 2.89. The first-order valence-electron chi connectivity index (χ1n) is 4.93. The van der Waals surface area contributed by atoms with E-state index < -0.39 is 6.09 Å². The second kappa shape index (κ2) is 2.88. The van der Waals surface area contributed by atoms with Gasteiger partial charge in [-0.25, -0.2) is 4.79 Å². The van der Waals surface area contributed by atoms with E-state index in [1.54, 1.807) is 0 Å². The lowest BCUT2D eigenvalue weighted by Gasteiger charge is -2.18. The standard InChI is InChI=1S/C10H14N2O2/c1-10(6-11)2-7-4-12(9(13)14)5-8(7)3-10/h7-8H,2-5H2,1H3,(H,13,14)/t7-,8+,10-. The highest BCUT2D eigenvalue weighted by Crippen LogP contribution is 2.48. The third kappa shape index (κ3) is 1.33. The number of fused-ring (bicyclic) bond motifs is 1. The van der Waals surface area contributed by atoms with Gasteiger partial charge in [-0.1, -0.05) is 0 Å². The third-order valence-corrected chi connectivity index (χ3v) is 3.54. The van der Waals surface area contributed by atoms with Crippen LogP contribution in [0.4, 0.5) is 4.79 Å². The summed E-state index contributed by atoms with van der Waals surface area (Å²) in [6.07, 6.45) is 0.897. The van der Waals surface area contributed by atoms with Crippen molar-refractivity contribution in [2.24, 2.45) is 17.3 Å². The molecule has 1 aliphatic heterocycles. The first kappa shape index (κ1) is 9.32. The molecule has 1 heterocycles. The van der Waals surface area contributed by atoms with Crippen molar-refractivity contribution in [1.82, 2.24) is 4.90 Å². The van der Waals surface area contributed by atoms with Crippen molar-refractivity contribution in [3.63, 3.8) is 0 Å². The van der Waals surface area contributed by atoms with E-state index in [-0.39, 0.29) is 5.41 Å². The van der Waals surface area contributed by atoms with Crippen molar-refractivity contribution >= 4 is 6.09 Å². The quantitative estimate of drug-likeness (QED) is 0.636. The molecular weight excluding hydrogens is 180 g/mol. The molecule has 1 saturated carbocycles. The van der Waals surface area contributed by atoms with Crippen molar-refractivity contribution in [2.45, 2.75) is 19.8 Å². The molecule has 1 saturated heterocycles. The average molecular weight is 194 g/mol. The van der Waals surface area contributed by atoms with Gasteiger partial charge in [0.2, 0.25) is 0 Å². The molecule has 1 amide bonds. The summed E-state index contributed by atoms with van der Waals surface area (Å²) < 4.78 is 0. The number of likely N-dealkylation sites (tertiary alicyclic amines) is 1. The van der Waals surface area contributed by atoms with Gasteiger partial charge in [-0.15, -0.1) is 0 Å². The van der Waals surface area contributed by atoms with Gasteiger partial charge < -0.3 is 10.0 Å². The molecule has 0 aromatic rings. The van der Waals surface area contributed by atoms with Crippen LogP contribution in [0.5, 0.6) is 0 Å². The third-order valence-electron chi connectivity index (χ3n) is 3.54. The van der Waals surface area contributed by atoms with E-state index in [9.17, 15) is 4.79 Å². The van der Waals surface area contributed by atoms with E-state index >= 15 is 0 Å². The Bertz CT molecular complexity index is 294. The number of amides is 1. The molecule has 0 spiro atoms. The Morgan fingerprint density at radius 2 is 2.00 bits per heavy atom. The van der Waals surface area contributed by atoms with Gasteiger partial charge in [0.1, 0.15) is 0 Å². The minimum atomic E-state index is -0.821. The lowest BCUT2D eigenvalue weighted by Crippen LogP contribution is -2.29. The molecule has 14 heavy (non-hydrogen) atoms. The molecule has 1 N–H and O–H groups in total. The maximum atomic E-state index is 10.7. The summed E-state index contributed by atoms with van der Waals surface area (Å²) >= 11 is 0. The monoisotopic (exact) mass is 194 g/mol. The second-order valence-corrected chi connectivity index (χ2v) is 4.79. The van der Waals surface area contributed by atoms with Gasteiger partial charge in [-0.2, -0.15) is 5.26 Å². The summed E-state index contributed by atoms with van der Waals surface area (Å²) in [7, 11) is 0. The number of nitriles is 1. The maximum absolute atomic E-state index is 10.7. The number of nitrogens with zero attached hydrogens (tertiary/aromatic N) is 2. The fraction of sp³-hybridized carbons (Fsp3) is 0.800. The highest BCUT2D eigenvalue weighted by Gasteiger charge is 2.47. The van der Waals surface area contributed by atoms with Crippen molar-refractivity contribution in [3.8, 4) is 6.07 Å². The zero-order valence-electron chi connectivity index (χ0n) is 8.23. The Morgan fingerprint density at radius 3 is 2.36 bits per heavy atom. The Hall–Kier alpha value is -1.24. The van der Waals surface area contributed by atoms with Gasteiger partial charge in [0.15, 0.2) is 0 Å². The minimum Gasteiger partial charge on any atom is -0.465 e. The van der Waals surface area contributed by atoms with Crippen LogP contribution in [-0.4, -0.2) is 29.2 Å². The molecule has 4 nitrogen and oxygen atoms in total. The topological polar surface area (TPSA) is 64.3 Å². The van der Waals surface area contributed by atoms with E-state index in [2.05, 4.69) is 6.07 Å². The molecule has 0 aromatic heterocycles. The lowest BCUT2D eigenvalue weighted by molar-refractivity contribution is 0.150. The van der Waals surface area contributed by atoms with Crippen molar-refractivity contribution in [2.75, 3.05) is 13.1 Å². The van der Waals surface area contributed by atoms with Crippen molar-refractivity contribution in [1.29, 1.82) is 5.26 Å². The SMILES string of the molecule is C[C@]1(C#N)C[C@H]2CN(C(=O)O)C[C@H]2C1. The predicted molar refractivity (Wildman–Crippen MR) is 49.5 cm³/mol. The van der Waals surface area contributed by atoms with E-state index in [0.29, 0.717) is 24.9 Å². The molecular formula is C10H14N2O2. The van der Waals surface area contributed by atoms with Crippen LogP contribution in [0.3, 0.4) is 0 Å². The predicted octanol–water partition coefficient (Wildman–Crippen LogP) is 1.54. The molecule has 0 radical (unpaired) electrons. The van der Waals surface area contributed by atoms with Gasteiger partial charge in [0, 0.05) is 13.1 Å². The Balaban J connectivity index is 2.04. The van der Waals surface area contributed by atoms with E-state index in [0.717, 1.165) is 12.8 Å². The maximum Gasteiger partial charge on any atom is 0.407 e. The first-order valence-corrected chi connectivity index (χ1v) is 4.93. The smallest absolute Gasteiger partial charge is 0.407 e. The minimum absolute atomic E-state index is 0.208. The number of hydrogen-bond donors (Lipinski definition) is 1. The van der Waals surface area contributed by atoms with Gasteiger partial charge in [-0.05, 0) is 31.6 Å². The van der Waals surface area contributed by atoms with Gasteiger partial charge >= 0.3 is 6.09 Å². The summed E-state index contributed by atoms with van der Waals surface area (Å²) in [5.41, 5.74) is -0.208. The zero-order valence-corrected chi connectivity index (χ0v) is 8.23. The van der Waals surface area contributed by atoms with Gasteiger partial charge in [0.25, 0.3) is 0 Å². The molecule has 1 aliphatic carbocycles. The first-order chi connectivity index (χ1) is 6.54. The van der Waals surface area contributed by atoms with Crippen LogP contribution in [0.1, 0.15) is 19.8 Å². The summed E-state index contributed by atoms with van der Waals surface area (Å²) in [5.74, 6) is 0.825. The molecule has 0 aromatic carbocycles. The van der Waals surface area contributed by atoms with Crippen molar-refractivity contribution in [3.05, 3.63) is 0 Å². The van der Waals surface area contributed by atoms with E-state index in [1.165, 1.54) is 4.90 Å². The van der Waals surface area contributed by atoms with Crippen LogP contribution in [0.2, 0.25) is 0 Å². The van der Waals surface area contributed by atoms with Crippen LogP contribution < -0.4 is 0 Å². The summed E-state index contributed by atoms with van der Waals surface area (Å²) in [4.78, 5) is 12.2. The number of rotatable bonds is 0. The number of carboxylic acid groups (broad SMARTS) is 1. The van der Waals surface area contributed by atoms with Crippen molar-refractivity contribution < 1.29 is 9.90 Å². The summed E-state index contributed by atoms with van der Waals surface area (Å²) in [6, 6.07) is 2.35. The number of hydrogen-bond acceptors (Lipinski definition) is 2. The fourth-order valence-electron chi connectivity index (χ4n) is 2.89. The van der Waals surface area contributed by atoms with Crippen LogP contribution in [0, 0.1) is 28.6 Å². The highest BCUT2D eigenvalue weighted by molar-refractivity contribution is 5.65. The molecule has 2 aliphatic rings. The molecule has 76 valence electrons. The largest absolute Gasteiger partial charge is 0.465 e. The molecule has 4 heteroatoms. The van der Waals surface area contributed by atoms with E-state index in [4.69, 9.17) is 10.4 Å². The summed E-state index contributed by atoms with van der Waals surface area (Å²) in [5, 5.41) is 17.8. The number of carbonyl (C=O) groups is 1. The summed E-state index contributed by atoms with van der Waals surface area (Å²) in [6.45, 7) is 3.23. The van der Waals surface area contributed by atoms with Gasteiger partial charge in [-0.3, -0.25) is 0 Å². The molecule has 2 rings (SSSR count). The average Bonchev–Trinajstić information content (AvgIpc) is 2.59. The molecule has 0 unspecified atom stereocenters. The van der Waals surface area contributed by atoms with Crippen LogP contribution in [0.25, 0.3) is 0 Å². The Kier molecular flexibility index (Phi) is 1.91. The highest BCUT2D eigenvalue weighted by atomic mass is 16.4. The molecule has 2 fully saturated rings. The second-order valence-electron chi connectivity index (χ2n) is 4.79. The Morgan fingerprint density at radius 1 is 1.50 bits per heavy atom. The van der Waals surface area contributed by atoms with Crippen LogP contribution >= 0.6 is 0 Å². The van der Waals surface area contributed by atoms with Crippen LogP contribution in [-0.2, 0) is 0 Å². The Labute approximate surface area is 83.1 Å². The van der Waals surface area contributed by atoms with Gasteiger partial charge in [0.05, 0.1) is 11.5 Å². The normalized spacial score (nSPS) is 40.7. The van der Waals surface area contributed by atoms with Crippen LogP contribution in [0.15, 0.2) is 0 Å². The van der Waals surface area contributed by atoms with E-state index in [1.807, 2.05) is 6.92 Å². The zero-order chi connectivity index (χ0) is 10.3.